The van der Waals surface area contributed by atoms with Crippen LogP contribution >= 0.6 is 22.7 Å². The fourth-order valence-corrected chi connectivity index (χ4v) is 4.10. The van der Waals surface area contributed by atoms with E-state index in [1.807, 2.05) is 35.0 Å². The van der Waals surface area contributed by atoms with Gasteiger partial charge in [0.05, 0.1) is 6.42 Å². The maximum absolute atomic E-state index is 12.2. The monoisotopic (exact) mass is 263 g/mol. The molecule has 0 aliphatic carbocycles. The third kappa shape index (κ3) is 1.46. The number of rotatable bonds is 2. The lowest BCUT2D eigenvalue weighted by atomic mass is 9.83. The molecular weight excluding hydrogens is 254 g/mol. The van der Waals surface area contributed by atoms with E-state index in [0.29, 0.717) is 0 Å². The second-order valence-electron chi connectivity index (χ2n) is 3.91. The lowest BCUT2D eigenvalue weighted by Crippen LogP contribution is -2.35. The Bertz CT molecular complexity index is 523. The Kier molecular flexibility index (Phi) is 2.38. The van der Waals surface area contributed by atoms with Gasteiger partial charge in [0.2, 0.25) is 11.8 Å². The van der Waals surface area contributed by atoms with Crippen molar-refractivity contribution in [3.63, 3.8) is 0 Å². The molecular formula is C12H9NO2S2. The first kappa shape index (κ1) is 10.7. The summed E-state index contributed by atoms with van der Waals surface area (Å²) < 4.78 is 0. The van der Waals surface area contributed by atoms with E-state index in [9.17, 15) is 9.59 Å². The van der Waals surface area contributed by atoms with Crippen LogP contribution in [0.3, 0.4) is 0 Å². The summed E-state index contributed by atoms with van der Waals surface area (Å²) in [5.74, 6) is -0.399. The van der Waals surface area contributed by atoms with Crippen molar-refractivity contribution in [3.8, 4) is 0 Å². The van der Waals surface area contributed by atoms with Crippen LogP contribution in [0.2, 0.25) is 0 Å². The second-order valence-corrected chi connectivity index (χ2v) is 5.81. The van der Waals surface area contributed by atoms with Crippen molar-refractivity contribution in [2.75, 3.05) is 0 Å². The largest absolute Gasteiger partial charge is 0.295 e. The van der Waals surface area contributed by atoms with Crippen molar-refractivity contribution in [3.05, 3.63) is 44.8 Å². The highest BCUT2D eigenvalue weighted by atomic mass is 32.1. The van der Waals surface area contributed by atoms with Gasteiger partial charge in [0.1, 0.15) is 5.41 Å². The zero-order valence-electron chi connectivity index (χ0n) is 8.80. The standard InChI is InChI=1S/C12H9NO2S2/c14-10-7-12(11(15)13-10,8-3-1-5-16-8)9-4-2-6-17-9/h1-6H,7H2,(H,13,14,15). The molecule has 86 valence electrons. The van der Waals surface area contributed by atoms with Gasteiger partial charge in [-0.3, -0.25) is 14.9 Å². The molecule has 1 N–H and O–H groups in total. The van der Waals surface area contributed by atoms with Crippen LogP contribution in [0.1, 0.15) is 16.2 Å². The SMILES string of the molecule is O=C1CC(c2cccs2)(c2cccs2)C(=O)N1. The lowest BCUT2D eigenvalue weighted by Gasteiger charge is -2.22. The van der Waals surface area contributed by atoms with Crippen molar-refractivity contribution in [1.29, 1.82) is 0 Å². The molecule has 0 bridgehead atoms. The highest BCUT2D eigenvalue weighted by molar-refractivity contribution is 7.12. The first-order valence-corrected chi connectivity index (χ1v) is 6.91. The molecule has 1 saturated heterocycles. The summed E-state index contributed by atoms with van der Waals surface area (Å²) in [6.07, 6.45) is 0.215. The summed E-state index contributed by atoms with van der Waals surface area (Å²) in [5.41, 5.74) is -0.792. The number of thiophene rings is 2. The van der Waals surface area contributed by atoms with Crippen molar-refractivity contribution in [2.45, 2.75) is 11.8 Å². The Morgan fingerprint density at radius 3 is 2.00 bits per heavy atom. The molecule has 17 heavy (non-hydrogen) atoms. The van der Waals surface area contributed by atoms with Crippen molar-refractivity contribution in [1.82, 2.24) is 5.32 Å². The number of carbonyl (C=O) groups is 2. The highest BCUT2D eigenvalue weighted by Crippen LogP contribution is 2.43. The summed E-state index contributed by atoms with van der Waals surface area (Å²) in [6, 6.07) is 7.65. The van der Waals surface area contributed by atoms with E-state index >= 15 is 0 Å². The van der Waals surface area contributed by atoms with Crippen molar-refractivity contribution >= 4 is 34.5 Å². The van der Waals surface area contributed by atoms with Gasteiger partial charge < -0.3 is 0 Å². The smallest absolute Gasteiger partial charge is 0.243 e. The maximum atomic E-state index is 12.2. The zero-order valence-corrected chi connectivity index (χ0v) is 10.4. The molecule has 2 amide bonds. The molecule has 2 aromatic heterocycles. The van der Waals surface area contributed by atoms with Gasteiger partial charge in [0.25, 0.3) is 0 Å². The second kappa shape index (κ2) is 3.78. The Morgan fingerprint density at radius 2 is 1.65 bits per heavy atom. The van der Waals surface area contributed by atoms with Gasteiger partial charge in [-0.15, -0.1) is 22.7 Å². The van der Waals surface area contributed by atoms with Gasteiger partial charge in [-0.05, 0) is 22.9 Å². The minimum Gasteiger partial charge on any atom is -0.295 e. The number of hydrogen-bond acceptors (Lipinski definition) is 4. The quantitative estimate of drug-likeness (QED) is 0.844. The number of amides is 2. The fraction of sp³-hybridized carbons (Fsp3) is 0.167. The average molecular weight is 263 g/mol. The summed E-state index contributed by atoms with van der Waals surface area (Å²) in [4.78, 5) is 25.6. The summed E-state index contributed by atoms with van der Waals surface area (Å²) in [7, 11) is 0. The summed E-state index contributed by atoms with van der Waals surface area (Å²) in [5, 5.41) is 6.28. The third-order valence-electron chi connectivity index (χ3n) is 2.95. The number of nitrogens with one attached hydrogen (secondary N) is 1. The van der Waals surface area contributed by atoms with Crippen LogP contribution in [-0.4, -0.2) is 11.8 Å². The van der Waals surface area contributed by atoms with E-state index in [1.165, 1.54) is 22.7 Å². The predicted octanol–water partition coefficient (Wildman–Crippen LogP) is 2.14. The third-order valence-corrected chi connectivity index (χ3v) is 5.01. The van der Waals surface area contributed by atoms with Crippen LogP contribution in [0.4, 0.5) is 0 Å². The molecule has 0 atom stereocenters. The van der Waals surface area contributed by atoms with Crippen LogP contribution in [0.25, 0.3) is 0 Å². The van der Waals surface area contributed by atoms with Gasteiger partial charge in [-0.25, -0.2) is 0 Å². The average Bonchev–Trinajstić information content (AvgIpc) is 2.98. The summed E-state index contributed by atoms with van der Waals surface area (Å²) in [6.45, 7) is 0. The minimum absolute atomic E-state index is 0.197. The summed E-state index contributed by atoms with van der Waals surface area (Å²) >= 11 is 3.03. The lowest BCUT2D eigenvalue weighted by molar-refractivity contribution is -0.125. The van der Waals surface area contributed by atoms with Gasteiger partial charge >= 0.3 is 0 Å². The van der Waals surface area contributed by atoms with E-state index in [0.717, 1.165) is 9.75 Å². The van der Waals surface area contributed by atoms with E-state index in [2.05, 4.69) is 5.32 Å². The van der Waals surface area contributed by atoms with Crippen molar-refractivity contribution in [2.24, 2.45) is 0 Å². The molecule has 0 radical (unpaired) electrons. The van der Waals surface area contributed by atoms with Gasteiger partial charge in [-0.1, -0.05) is 12.1 Å². The number of hydrogen-bond donors (Lipinski definition) is 1. The fourth-order valence-electron chi connectivity index (χ4n) is 2.16. The first-order chi connectivity index (χ1) is 8.23. The topological polar surface area (TPSA) is 46.2 Å². The molecule has 3 rings (SSSR count). The first-order valence-electron chi connectivity index (χ1n) is 5.16. The van der Waals surface area contributed by atoms with Crippen LogP contribution in [-0.2, 0) is 15.0 Å². The molecule has 3 nitrogen and oxygen atoms in total. The number of carbonyl (C=O) groups excluding carboxylic acids is 2. The molecule has 1 aliphatic heterocycles. The van der Waals surface area contributed by atoms with Gasteiger partial charge in [-0.2, -0.15) is 0 Å². The zero-order chi connectivity index (χ0) is 11.9. The Hall–Kier alpha value is -1.46. The van der Waals surface area contributed by atoms with Gasteiger partial charge in [0.15, 0.2) is 0 Å². The van der Waals surface area contributed by atoms with Crippen LogP contribution in [0.15, 0.2) is 35.0 Å². The highest BCUT2D eigenvalue weighted by Gasteiger charge is 2.50. The molecule has 0 saturated carbocycles. The van der Waals surface area contributed by atoms with Gasteiger partial charge in [0, 0.05) is 9.75 Å². The molecule has 0 spiro atoms. The van der Waals surface area contributed by atoms with Crippen LogP contribution in [0.5, 0.6) is 0 Å². The molecule has 0 unspecified atom stereocenters. The molecule has 1 fully saturated rings. The van der Waals surface area contributed by atoms with Crippen LogP contribution in [0, 0.1) is 0 Å². The van der Waals surface area contributed by atoms with E-state index in [1.54, 1.807) is 0 Å². The molecule has 2 aromatic rings. The molecule has 5 heteroatoms. The van der Waals surface area contributed by atoms with E-state index < -0.39 is 5.41 Å². The number of imide groups is 1. The van der Waals surface area contributed by atoms with Crippen LogP contribution < -0.4 is 5.32 Å². The Morgan fingerprint density at radius 1 is 1.06 bits per heavy atom. The normalized spacial score (nSPS) is 18.4. The molecule has 3 heterocycles. The maximum Gasteiger partial charge on any atom is 0.243 e. The predicted molar refractivity (Wildman–Crippen MR) is 67.2 cm³/mol. The van der Waals surface area contributed by atoms with E-state index in [4.69, 9.17) is 0 Å². The minimum atomic E-state index is -0.792. The molecule has 0 aromatic carbocycles. The Balaban J connectivity index is 2.22. The molecule has 1 aliphatic rings. The van der Waals surface area contributed by atoms with E-state index in [-0.39, 0.29) is 18.2 Å². The Labute approximate surface area is 106 Å². The van der Waals surface area contributed by atoms with Crippen molar-refractivity contribution < 1.29 is 9.59 Å².